The predicted octanol–water partition coefficient (Wildman–Crippen LogP) is 2.39. The molecule has 0 bridgehead atoms. The Labute approximate surface area is 101 Å². The summed E-state index contributed by atoms with van der Waals surface area (Å²) < 4.78 is 1.19. The molecule has 0 aliphatic heterocycles. The van der Waals surface area contributed by atoms with Crippen molar-refractivity contribution in [3.8, 4) is 0 Å². The Bertz CT molecular complexity index is 497. The molecule has 2 heterocycles. The molecule has 0 spiro atoms. The summed E-state index contributed by atoms with van der Waals surface area (Å²) in [6.45, 7) is 0. The van der Waals surface area contributed by atoms with Crippen LogP contribution in [-0.2, 0) is 0 Å². The van der Waals surface area contributed by atoms with Crippen LogP contribution in [0, 0.1) is 0 Å². The smallest absolute Gasteiger partial charge is 0.188 e. The first-order valence-electron chi connectivity index (χ1n) is 4.45. The number of aromatic nitrogens is 1. The van der Waals surface area contributed by atoms with E-state index in [4.69, 9.17) is 10.9 Å². The Morgan fingerprint density at radius 2 is 2.38 bits per heavy atom. The Morgan fingerprint density at radius 1 is 1.50 bits per heavy atom. The van der Waals surface area contributed by atoms with Crippen molar-refractivity contribution in [2.24, 2.45) is 10.9 Å². The van der Waals surface area contributed by atoms with Gasteiger partial charge in [0.2, 0.25) is 0 Å². The second-order valence-corrected chi connectivity index (χ2v) is 5.22. The van der Waals surface area contributed by atoms with E-state index in [1.807, 2.05) is 23.6 Å². The van der Waals surface area contributed by atoms with Gasteiger partial charge in [-0.1, -0.05) is 23.0 Å². The minimum Gasteiger partial charge on any atom is -0.409 e. The highest BCUT2D eigenvalue weighted by atomic mass is 32.2. The van der Waals surface area contributed by atoms with E-state index in [0.717, 1.165) is 4.90 Å². The molecule has 4 nitrogen and oxygen atoms in total. The number of nitrogens with two attached hydrogens (primary N) is 1. The molecule has 0 amide bonds. The van der Waals surface area contributed by atoms with E-state index in [0.29, 0.717) is 5.69 Å². The lowest BCUT2D eigenvalue weighted by molar-refractivity contribution is 0.318. The standard InChI is InChI=1S/C10H9N3OS2/c11-10(13-14)8-6-7(3-4-12-8)16-9-2-1-5-15-9/h1-6,14H,(H2,11,13). The molecule has 16 heavy (non-hydrogen) atoms. The van der Waals surface area contributed by atoms with Crippen molar-refractivity contribution in [3.63, 3.8) is 0 Å². The molecule has 0 aromatic carbocycles. The van der Waals surface area contributed by atoms with Crippen molar-refractivity contribution in [2.45, 2.75) is 9.10 Å². The lowest BCUT2D eigenvalue weighted by Gasteiger charge is -2.01. The molecule has 2 aromatic heterocycles. The molecule has 0 aliphatic rings. The predicted molar refractivity (Wildman–Crippen MR) is 65.2 cm³/mol. The Morgan fingerprint density at radius 3 is 3.06 bits per heavy atom. The molecule has 0 radical (unpaired) electrons. The fraction of sp³-hybridized carbons (Fsp3) is 0. The summed E-state index contributed by atoms with van der Waals surface area (Å²) in [6.07, 6.45) is 1.64. The lowest BCUT2D eigenvalue weighted by Crippen LogP contribution is -2.14. The van der Waals surface area contributed by atoms with E-state index in [1.54, 1.807) is 35.4 Å². The molecule has 0 saturated heterocycles. The first-order valence-corrected chi connectivity index (χ1v) is 6.14. The Hall–Kier alpha value is -1.53. The number of hydrogen-bond acceptors (Lipinski definition) is 5. The van der Waals surface area contributed by atoms with Crippen LogP contribution in [0.15, 0.2) is 50.1 Å². The van der Waals surface area contributed by atoms with Crippen LogP contribution in [0.3, 0.4) is 0 Å². The molecule has 0 aliphatic carbocycles. The second-order valence-electron chi connectivity index (χ2n) is 2.90. The summed E-state index contributed by atoms with van der Waals surface area (Å²) in [5.74, 6) is 0.0219. The van der Waals surface area contributed by atoms with Gasteiger partial charge in [0.15, 0.2) is 5.84 Å². The minimum atomic E-state index is 0.0219. The molecular formula is C10H9N3OS2. The highest BCUT2D eigenvalue weighted by molar-refractivity contribution is 8.01. The molecule has 0 unspecified atom stereocenters. The van der Waals surface area contributed by atoms with Crippen LogP contribution in [0.25, 0.3) is 0 Å². The molecule has 0 saturated carbocycles. The van der Waals surface area contributed by atoms with Crippen LogP contribution in [0.4, 0.5) is 0 Å². The zero-order chi connectivity index (χ0) is 11.4. The average molecular weight is 251 g/mol. The normalized spacial score (nSPS) is 11.6. The molecule has 6 heteroatoms. The number of amidine groups is 1. The van der Waals surface area contributed by atoms with Crippen LogP contribution >= 0.6 is 23.1 Å². The molecule has 3 N–H and O–H groups in total. The summed E-state index contributed by atoms with van der Waals surface area (Å²) in [7, 11) is 0. The zero-order valence-corrected chi connectivity index (χ0v) is 9.83. The van der Waals surface area contributed by atoms with Crippen LogP contribution in [-0.4, -0.2) is 16.0 Å². The summed E-state index contributed by atoms with van der Waals surface area (Å²) in [5, 5.41) is 13.5. The number of oxime groups is 1. The van der Waals surface area contributed by atoms with Crippen molar-refractivity contribution in [1.82, 2.24) is 4.98 Å². The highest BCUT2D eigenvalue weighted by Gasteiger charge is 2.03. The number of nitrogens with zero attached hydrogens (tertiary/aromatic N) is 2. The molecule has 82 valence electrons. The van der Waals surface area contributed by atoms with Gasteiger partial charge in [-0.25, -0.2) is 0 Å². The third kappa shape index (κ3) is 2.53. The monoisotopic (exact) mass is 251 g/mol. The van der Waals surface area contributed by atoms with E-state index in [2.05, 4.69) is 10.1 Å². The topological polar surface area (TPSA) is 71.5 Å². The maximum atomic E-state index is 8.55. The molecule has 0 fully saturated rings. The minimum absolute atomic E-state index is 0.0219. The molecule has 2 aromatic rings. The van der Waals surface area contributed by atoms with Gasteiger partial charge in [0, 0.05) is 11.1 Å². The van der Waals surface area contributed by atoms with Gasteiger partial charge in [0.25, 0.3) is 0 Å². The van der Waals surface area contributed by atoms with Gasteiger partial charge in [-0.05, 0) is 23.6 Å². The van der Waals surface area contributed by atoms with Gasteiger partial charge in [-0.2, -0.15) is 0 Å². The largest absolute Gasteiger partial charge is 0.409 e. The molecule has 0 atom stereocenters. The van der Waals surface area contributed by atoms with Crippen LogP contribution in [0.2, 0.25) is 0 Å². The van der Waals surface area contributed by atoms with Crippen LogP contribution < -0.4 is 5.73 Å². The van der Waals surface area contributed by atoms with Gasteiger partial charge in [-0.15, -0.1) is 11.3 Å². The quantitative estimate of drug-likeness (QED) is 0.380. The third-order valence-corrected chi connectivity index (χ3v) is 3.84. The van der Waals surface area contributed by atoms with E-state index in [9.17, 15) is 0 Å². The van der Waals surface area contributed by atoms with Gasteiger partial charge in [0.1, 0.15) is 5.69 Å². The summed E-state index contributed by atoms with van der Waals surface area (Å²) in [6, 6.07) is 7.72. The van der Waals surface area contributed by atoms with Crippen LogP contribution in [0.5, 0.6) is 0 Å². The number of thiophene rings is 1. The average Bonchev–Trinajstić information content (AvgIpc) is 2.81. The molecular weight excluding hydrogens is 242 g/mol. The van der Waals surface area contributed by atoms with Crippen molar-refractivity contribution >= 4 is 28.9 Å². The summed E-state index contributed by atoms with van der Waals surface area (Å²) in [4.78, 5) is 5.03. The Balaban J connectivity index is 2.23. The fourth-order valence-corrected chi connectivity index (χ4v) is 2.88. The second kappa shape index (κ2) is 5.00. The maximum absolute atomic E-state index is 8.55. The van der Waals surface area contributed by atoms with E-state index < -0.39 is 0 Å². The summed E-state index contributed by atoms with van der Waals surface area (Å²) >= 11 is 3.29. The maximum Gasteiger partial charge on any atom is 0.188 e. The zero-order valence-electron chi connectivity index (χ0n) is 8.20. The van der Waals surface area contributed by atoms with E-state index >= 15 is 0 Å². The first-order chi connectivity index (χ1) is 7.79. The molecule has 2 rings (SSSR count). The highest BCUT2D eigenvalue weighted by Crippen LogP contribution is 2.30. The lowest BCUT2D eigenvalue weighted by atomic mass is 10.3. The van der Waals surface area contributed by atoms with Gasteiger partial charge >= 0.3 is 0 Å². The van der Waals surface area contributed by atoms with Crippen LogP contribution in [0.1, 0.15) is 5.69 Å². The van der Waals surface area contributed by atoms with Gasteiger partial charge < -0.3 is 10.9 Å². The first kappa shape index (κ1) is 11.0. The van der Waals surface area contributed by atoms with Crippen molar-refractivity contribution in [1.29, 1.82) is 0 Å². The van der Waals surface area contributed by atoms with Crippen molar-refractivity contribution in [2.75, 3.05) is 0 Å². The van der Waals surface area contributed by atoms with E-state index in [-0.39, 0.29) is 5.84 Å². The van der Waals surface area contributed by atoms with E-state index in [1.165, 1.54) is 4.21 Å². The SMILES string of the molecule is NC(=NO)c1cc(Sc2cccs2)ccn1. The third-order valence-electron chi connectivity index (χ3n) is 1.82. The van der Waals surface area contributed by atoms with Gasteiger partial charge in [0.05, 0.1) is 4.21 Å². The fourth-order valence-electron chi connectivity index (χ4n) is 1.10. The Kier molecular flexibility index (Phi) is 3.43. The summed E-state index contributed by atoms with van der Waals surface area (Å²) in [5.41, 5.74) is 5.94. The van der Waals surface area contributed by atoms with Crippen molar-refractivity contribution in [3.05, 3.63) is 41.5 Å². The van der Waals surface area contributed by atoms with Gasteiger partial charge in [-0.3, -0.25) is 4.98 Å². The number of pyridine rings is 1. The number of rotatable bonds is 3. The number of hydrogen-bond donors (Lipinski definition) is 2. The van der Waals surface area contributed by atoms with Crippen molar-refractivity contribution < 1.29 is 5.21 Å².